The van der Waals surface area contributed by atoms with Crippen molar-refractivity contribution < 1.29 is 42.9 Å². The molecule has 0 spiro atoms. The SMILES string of the molecule is C=C1C(OC(=O)C=Cc2ccccc2)CCC2(C)C(OC(C)=O)C(OC(C)=O)C3C(C)C(=O)CC(C(OC(C)=O)C12)C3(C)C. The molecule has 3 aliphatic carbocycles. The molecule has 238 valence electrons. The van der Waals surface area contributed by atoms with Crippen molar-refractivity contribution in [3.8, 4) is 0 Å². The molecular weight excluding hydrogens is 564 g/mol. The number of ether oxygens (including phenoxy) is 4. The zero-order valence-electron chi connectivity index (χ0n) is 26.7. The molecule has 1 aromatic rings. The third-order valence-corrected chi connectivity index (χ3v) is 10.1. The van der Waals surface area contributed by atoms with Crippen molar-refractivity contribution in [2.75, 3.05) is 0 Å². The largest absolute Gasteiger partial charge is 0.462 e. The first kappa shape index (κ1) is 33.1. The van der Waals surface area contributed by atoms with Gasteiger partial charge in [0.05, 0.1) is 0 Å². The number of Topliss-reactive ketones (excluding diaryl/α,β-unsaturated/α-hetero) is 1. The summed E-state index contributed by atoms with van der Waals surface area (Å²) >= 11 is 0. The molecule has 1 aromatic carbocycles. The normalized spacial score (nSPS) is 34.6. The molecule has 0 heterocycles. The van der Waals surface area contributed by atoms with Crippen molar-refractivity contribution in [3.05, 3.63) is 54.1 Å². The Labute approximate surface area is 259 Å². The van der Waals surface area contributed by atoms with Crippen LogP contribution in [-0.2, 0) is 42.9 Å². The monoisotopic (exact) mass is 608 g/mol. The van der Waals surface area contributed by atoms with E-state index in [0.717, 1.165) is 5.56 Å². The number of carbonyl (C=O) groups excluding carboxylic acids is 5. The topological polar surface area (TPSA) is 122 Å². The summed E-state index contributed by atoms with van der Waals surface area (Å²) in [6, 6.07) is 9.34. The fourth-order valence-corrected chi connectivity index (χ4v) is 8.20. The summed E-state index contributed by atoms with van der Waals surface area (Å²) in [4.78, 5) is 64.5. The van der Waals surface area contributed by atoms with Gasteiger partial charge in [0.1, 0.15) is 30.2 Å². The third-order valence-electron chi connectivity index (χ3n) is 10.1. The molecule has 0 radical (unpaired) electrons. The molecule has 9 atom stereocenters. The molecule has 0 N–H and O–H groups in total. The van der Waals surface area contributed by atoms with Gasteiger partial charge in [0.2, 0.25) is 0 Å². The number of hydrogen-bond donors (Lipinski definition) is 0. The lowest BCUT2D eigenvalue weighted by Crippen LogP contribution is -2.67. The third kappa shape index (κ3) is 6.37. The van der Waals surface area contributed by atoms with Crippen LogP contribution in [0.5, 0.6) is 0 Å². The van der Waals surface area contributed by atoms with Crippen LogP contribution in [0.2, 0.25) is 0 Å². The van der Waals surface area contributed by atoms with Crippen LogP contribution in [0, 0.1) is 34.5 Å². The highest BCUT2D eigenvalue weighted by Gasteiger charge is 2.66. The quantitative estimate of drug-likeness (QED) is 0.184. The molecule has 0 aliphatic heterocycles. The van der Waals surface area contributed by atoms with Crippen molar-refractivity contribution in [2.24, 2.45) is 34.5 Å². The lowest BCUT2D eigenvalue weighted by molar-refractivity contribution is -0.235. The van der Waals surface area contributed by atoms with Gasteiger partial charge in [-0.2, -0.15) is 0 Å². The molecule has 0 aromatic heterocycles. The van der Waals surface area contributed by atoms with Crippen LogP contribution in [0.15, 0.2) is 48.6 Å². The molecule has 9 nitrogen and oxygen atoms in total. The number of ketones is 1. The van der Waals surface area contributed by atoms with E-state index in [0.29, 0.717) is 18.4 Å². The van der Waals surface area contributed by atoms with E-state index in [1.807, 2.05) is 58.0 Å². The number of carbonyl (C=O) groups is 5. The minimum atomic E-state index is -1.00. The lowest BCUT2D eigenvalue weighted by Gasteiger charge is -2.61. The number of rotatable bonds is 6. The van der Waals surface area contributed by atoms with E-state index < -0.39 is 82.8 Å². The second kappa shape index (κ2) is 12.7. The van der Waals surface area contributed by atoms with Crippen LogP contribution >= 0.6 is 0 Å². The molecule has 3 fully saturated rings. The Morgan fingerprint density at radius 3 is 2.07 bits per heavy atom. The zero-order valence-corrected chi connectivity index (χ0v) is 26.7. The zero-order chi connectivity index (χ0) is 32.6. The van der Waals surface area contributed by atoms with Crippen molar-refractivity contribution >= 4 is 35.7 Å². The summed E-state index contributed by atoms with van der Waals surface area (Å²) in [6.45, 7) is 16.0. The number of benzene rings is 1. The summed E-state index contributed by atoms with van der Waals surface area (Å²) < 4.78 is 24.1. The molecule has 3 saturated carbocycles. The smallest absolute Gasteiger partial charge is 0.331 e. The molecule has 9 heteroatoms. The van der Waals surface area contributed by atoms with Crippen LogP contribution < -0.4 is 0 Å². The summed E-state index contributed by atoms with van der Waals surface area (Å²) in [5.41, 5.74) is -0.345. The van der Waals surface area contributed by atoms with E-state index >= 15 is 0 Å². The van der Waals surface area contributed by atoms with E-state index in [-0.39, 0.29) is 12.2 Å². The van der Waals surface area contributed by atoms with Crippen LogP contribution in [0.1, 0.15) is 73.3 Å². The van der Waals surface area contributed by atoms with Crippen LogP contribution in [0.4, 0.5) is 0 Å². The molecule has 3 aliphatic rings. The fraction of sp³-hybridized carbons (Fsp3) is 0.571. The predicted molar refractivity (Wildman–Crippen MR) is 162 cm³/mol. The standard InChI is InChI=1S/C35H44O9/c1-19-26(39)18-25-31(41-21(3)36)30-20(2)27(44-28(40)15-14-24-12-10-9-11-13-24)16-17-35(30,8)33(43-23(5)38)32(42-22(4)37)29(19)34(25,6)7/h9-15,19,25,27,29-33H,2,16-18H2,1,3-8H3. The maximum atomic E-state index is 13.6. The number of hydrogen-bond acceptors (Lipinski definition) is 9. The van der Waals surface area contributed by atoms with E-state index in [2.05, 4.69) is 6.58 Å². The van der Waals surface area contributed by atoms with E-state index in [1.165, 1.54) is 26.8 Å². The molecular formula is C35H44O9. The maximum Gasteiger partial charge on any atom is 0.331 e. The first-order valence-electron chi connectivity index (χ1n) is 15.2. The molecule has 9 unspecified atom stereocenters. The second-order valence-electron chi connectivity index (χ2n) is 13.4. The summed E-state index contributed by atoms with van der Waals surface area (Å²) in [7, 11) is 0. The molecule has 0 saturated heterocycles. The highest BCUT2D eigenvalue weighted by atomic mass is 16.6. The van der Waals surface area contributed by atoms with Gasteiger partial charge in [-0.25, -0.2) is 4.79 Å². The van der Waals surface area contributed by atoms with Gasteiger partial charge >= 0.3 is 23.9 Å². The maximum absolute atomic E-state index is 13.6. The Morgan fingerprint density at radius 2 is 1.48 bits per heavy atom. The average molecular weight is 609 g/mol. The molecule has 44 heavy (non-hydrogen) atoms. The predicted octanol–water partition coefficient (Wildman–Crippen LogP) is 5.26. The highest BCUT2D eigenvalue weighted by molar-refractivity contribution is 5.87. The minimum Gasteiger partial charge on any atom is -0.462 e. The molecule has 4 rings (SSSR count). The van der Waals surface area contributed by atoms with E-state index in [9.17, 15) is 24.0 Å². The van der Waals surface area contributed by atoms with Crippen molar-refractivity contribution in [2.45, 2.75) is 92.1 Å². The summed E-state index contributed by atoms with van der Waals surface area (Å²) in [5.74, 6) is -4.53. The van der Waals surface area contributed by atoms with Gasteiger partial charge < -0.3 is 18.9 Å². The van der Waals surface area contributed by atoms with Gasteiger partial charge in [0.25, 0.3) is 0 Å². The van der Waals surface area contributed by atoms with Gasteiger partial charge in [-0.05, 0) is 35.5 Å². The Kier molecular flexibility index (Phi) is 9.57. The van der Waals surface area contributed by atoms with Gasteiger partial charge in [0, 0.05) is 62.4 Å². The minimum absolute atomic E-state index is 0.0609. The average Bonchev–Trinajstić information content (AvgIpc) is 2.93. The Morgan fingerprint density at radius 1 is 0.886 bits per heavy atom. The lowest BCUT2D eigenvalue weighted by atomic mass is 9.46. The number of esters is 4. The van der Waals surface area contributed by atoms with E-state index in [4.69, 9.17) is 18.9 Å². The van der Waals surface area contributed by atoms with E-state index in [1.54, 1.807) is 6.08 Å². The van der Waals surface area contributed by atoms with Crippen molar-refractivity contribution in [1.82, 2.24) is 0 Å². The number of fused-ring (bicyclic) bond motifs is 3. The van der Waals surface area contributed by atoms with Gasteiger partial charge in [-0.3, -0.25) is 19.2 Å². The Bertz CT molecular complexity index is 1340. The molecule has 2 bridgehead atoms. The van der Waals surface area contributed by atoms with Crippen molar-refractivity contribution in [1.29, 1.82) is 0 Å². The summed E-state index contributed by atoms with van der Waals surface area (Å²) in [5, 5.41) is 0. The van der Waals surface area contributed by atoms with Crippen molar-refractivity contribution in [3.63, 3.8) is 0 Å². The van der Waals surface area contributed by atoms with Gasteiger partial charge in [0.15, 0.2) is 0 Å². The van der Waals surface area contributed by atoms with Crippen LogP contribution in [0.25, 0.3) is 6.08 Å². The van der Waals surface area contributed by atoms with Gasteiger partial charge in [-0.15, -0.1) is 0 Å². The Balaban J connectivity index is 1.84. The summed E-state index contributed by atoms with van der Waals surface area (Å²) in [6.07, 6.45) is 0.318. The fourth-order valence-electron chi connectivity index (χ4n) is 8.20. The Hall–Kier alpha value is -3.75. The van der Waals surface area contributed by atoms with Crippen LogP contribution in [-0.4, -0.2) is 54.1 Å². The second-order valence-corrected chi connectivity index (χ2v) is 13.4. The molecule has 0 amide bonds. The highest BCUT2D eigenvalue weighted by Crippen LogP contribution is 2.61. The first-order chi connectivity index (χ1) is 20.6. The first-order valence-corrected chi connectivity index (χ1v) is 15.2. The van der Waals surface area contributed by atoms with Crippen LogP contribution in [0.3, 0.4) is 0 Å². The van der Waals surface area contributed by atoms with Gasteiger partial charge in [-0.1, -0.05) is 64.6 Å².